The molecule has 15 heavy (non-hydrogen) atoms. The van der Waals surface area contributed by atoms with Crippen molar-refractivity contribution in [3.8, 4) is 5.75 Å². The molecule has 0 amide bonds. The van der Waals surface area contributed by atoms with Crippen LogP contribution in [0.4, 0.5) is 8.78 Å². The van der Waals surface area contributed by atoms with Crippen LogP contribution in [0, 0.1) is 0 Å². The lowest BCUT2D eigenvalue weighted by atomic mass is 10.1. The Balaban J connectivity index is 2.92. The van der Waals surface area contributed by atoms with Crippen LogP contribution in [0.3, 0.4) is 0 Å². The van der Waals surface area contributed by atoms with E-state index >= 15 is 0 Å². The van der Waals surface area contributed by atoms with Gasteiger partial charge in [0.1, 0.15) is 12.0 Å². The molecule has 4 heteroatoms. The Bertz CT molecular complexity index is 337. The predicted molar refractivity (Wildman–Crippen MR) is 52.3 cm³/mol. The van der Waals surface area contributed by atoms with Crippen LogP contribution in [-0.2, 0) is 11.2 Å². The Labute approximate surface area is 86.9 Å². The van der Waals surface area contributed by atoms with Crippen molar-refractivity contribution in [2.45, 2.75) is 19.3 Å². The number of alkyl halides is 2. The minimum atomic E-state index is -2.50. The summed E-state index contributed by atoms with van der Waals surface area (Å²) in [5.41, 5.74) is 0.704. The Morgan fingerprint density at radius 2 is 2.20 bits per heavy atom. The molecule has 0 saturated carbocycles. The van der Waals surface area contributed by atoms with Gasteiger partial charge in [0.2, 0.25) is 0 Å². The van der Waals surface area contributed by atoms with Gasteiger partial charge < -0.3 is 9.53 Å². The van der Waals surface area contributed by atoms with E-state index in [2.05, 4.69) is 0 Å². The molecule has 0 aromatic heterocycles. The maximum Gasteiger partial charge on any atom is 0.263 e. The molecular formula is C11H12F2O2. The average molecular weight is 214 g/mol. The van der Waals surface area contributed by atoms with Gasteiger partial charge in [-0.15, -0.1) is 0 Å². The summed E-state index contributed by atoms with van der Waals surface area (Å²) in [5, 5.41) is 0. The van der Waals surface area contributed by atoms with E-state index in [4.69, 9.17) is 4.74 Å². The van der Waals surface area contributed by atoms with E-state index in [0.29, 0.717) is 18.6 Å². The van der Waals surface area contributed by atoms with E-state index < -0.39 is 6.43 Å². The third-order valence-corrected chi connectivity index (χ3v) is 2.09. The summed E-state index contributed by atoms with van der Waals surface area (Å²) in [5.74, 6) is 0.412. The highest BCUT2D eigenvalue weighted by Gasteiger charge is 2.10. The normalized spacial score (nSPS) is 10.4. The Morgan fingerprint density at radius 1 is 1.47 bits per heavy atom. The van der Waals surface area contributed by atoms with Gasteiger partial charge in [-0.3, -0.25) is 0 Å². The average Bonchev–Trinajstić information content (AvgIpc) is 2.25. The van der Waals surface area contributed by atoms with Crippen molar-refractivity contribution in [1.82, 2.24) is 0 Å². The quantitative estimate of drug-likeness (QED) is 0.704. The number of benzene rings is 1. The first kappa shape index (κ1) is 11.6. The first-order valence-corrected chi connectivity index (χ1v) is 4.57. The molecule has 0 aliphatic carbocycles. The number of carbonyl (C=O) groups excluding carboxylic acids is 1. The fourth-order valence-electron chi connectivity index (χ4n) is 1.32. The predicted octanol–water partition coefficient (Wildman–Crippen LogP) is 2.76. The number of aryl methyl sites for hydroxylation is 1. The van der Waals surface area contributed by atoms with Crippen molar-refractivity contribution in [2.75, 3.05) is 7.11 Å². The maximum absolute atomic E-state index is 12.4. The number of methoxy groups -OCH3 is 1. The summed E-state index contributed by atoms with van der Waals surface area (Å²) in [6.07, 6.45) is -0.833. The molecule has 0 radical (unpaired) electrons. The van der Waals surface area contributed by atoms with Crippen molar-refractivity contribution >= 4 is 6.29 Å². The minimum Gasteiger partial charge on any atom is -0.496 e. The third-order valence-electron chi connectivity index (χ3n) is 2.09. The Hall–Kier alpha value is -1.45. The van der Waals surface area contributed by atoms with Crippen molar-refractivity contribution in [3.63, 3.8) is 0 Å². The van der Waals surface area contributed by atoms with Crippen molar-refractivity contribution in [3.05, 3.63) is 29.3 Å². The molecule has 1 aromatic rings. The number of hydrogen-bond donors (Lipinski definition) is 0. The van der Waals surface area contributed by atoms with Crippen molar-refractivity contribution in [1.29, 1.82) is 0 Å². The van der Waals surface area contributed by atoms with Gasteiger partial charge in [0.05, 0.1) is 7.11 Å². The fraction of sp³-hybridized carbons (Fsp3) is 0.364. The molecule has 0 aliphatic heterocycles. The number of rotatable bonds is 5. The number of halogens is 2. The third kappa shape index (κ3) is 3.01. The molecule has 0 unspecified atom stereocenters. The molecule has 0 N–H and O–H groups in total. The number of aldehydes is 1. The van der Waals surface area contributed by atoms with Gasteiger partial charge in [0, 0.05) is 12.0 Å². The topological polar surface area (TPSA) is 26.3 Å². The van der Waals surface area contributed by atoms with Crippen LogP contribution in [0.5, 0.6) is 5.75 Å². The maximum atomic E-state index is 12.4. The molecule has 0 atom stereocenters. The minimum absolute atomic E-state index is 0.0679. The molecule has 0 saturated heterocycles. The molecule has 0 heterocycles. The summed E-state index contributed by atoms with van der Waals surface area (Å²) >= 11 is 0. The van der Waals surface area contributed by atoms with E-state index in [-0.39, 0.29) is 5.56 Å². The van der Waals surface area contributed by atoms with Crippen LogP contribution in [0.15, 0.2) is 18.2 Å². The summed E-state index contributed by atoms with van der Waals surface area (Å²) in [6, 6.07) is 4.24. The van der Waals surface area contributed by atoms with Crippen LogP contribution < -0.4 is 4.74 Å². The number of ether oxygens (including phenoxy) is 1. The lowest BCUT2D eigenvalue weighted by Gasteiger charge is -2.09. The highest BCUT2D eigenvalue weighted by atomic mass is 19.3. The summed E-state index contributed by atoms with van der Waals surface area (Å²) in [6.45, 7) is 0. The number of hydrogen-bond acceptors (Lipinski definition) is 2. The van der Waals surface area contributed by atoms with Crippen molar-refractivity contribution in [2.24, 2.45) is 0 Å². The highest BCUT2D eigenvalue weighted by Crippen LogP contribution is 2.27. The van der Waals surface area contributed by atoms with Crippen molar-refractivity contribution < 1.29 is 18.3 Å². The summed E-state index contributed by atoms with van der Waals surface area (Å²) in [4.78, 5) is 10.2. The van der Waals surface area contributed by atoms with Gasteiger partial charge in [0.15, 0.2) is 0 Å². The van der Waals surface area contributed by atoms with Crippen LogP contribution in [0.1, 0.15) is 24.0 Å². The summed E-state index contributed by atoms with van der Waals surface area (Å²) < 4.78 is 29.7. The molecule has 82 valence electrons. The standard InChI is InChI=1S/C11H12F2O2/c1-15-10-7-9(11(12)13)5-4-8(10)3-2-6-14/h4-7,11H,2-3H2,1H3. The lowest BCUT2D eigenvalue weighted by molar-refractivity contribution is -0.107. The zero-order valence-corrected chi connectivity index (χ0v) is 8.37. The van der Waals surface area contributed by atoms with Gasteiger partial charge in [-0.25, -0.2) is 8.78 Å². The molecule has 1 aromatic carbocycles. The first-order valence-electron chi connectivity index (χ1n) is 4.57. The van der Waals surface area contributed by atoms with E-state index in [1.807, 2.05) is 0 Å². The monoisotopic (exact) mass is 214 g/mol. The molecule has 1 rings (SSSR count). The smallest absolute Gasteiger partial charge is 0.263 e. The van der Waals surface area contributed by atoms with E-state index in [1.165, 1.54) is 19.2 Å². The van der Waals surface area contributed by atoms with Crippen LogP contribution >= 0.6 is 0 Å². The second-order valence-electron chi connectivity index (χ2n) is 3.08. The van der Waals surface area contributed by atoms with E-state index in [0.717, 1.165) is 11.8 Å². The van der Waals surface area contributed by atoms with Gasteiger partial charge in [0.25, 0.3) is 6.43 Å². The number of carbonyl (C=O) groups is 1. The van der Waals surface area contributed by atoms with Crippen LogP contribution in [0.25, 0.3) is 0 Å². The second kappa shape index (κ2) is 5.44. The van der Waals surface area contributed by atoms with Gasteiger partial charge in [-0.2, -0.15) is 0 Å². The lowest BCUT2D eigenvalue weighted by Crippen LogP contribution is -1.95. The summed E-state index contributed by atoms with van der Waals surface area (Å²) in [7, 11) is 1.43. The SMILES string of the molecule is COc1cc(C(F)F)ccc1CCC=O. The van der Waals surface area contributed by atoms with Gasteiger partial charge >= 0.3 is 0 Å². The zero-order valence-electron chi connectivity index (χ0n) is 8.37. The van der Waals surface area contributed by atoms with E-state index in [1.54, 1.807) is 6.07 Å². The highest BCUT2D eigenvalue weighted by molar-refractivity contribution is 5.51. The Kier molecular flexibility index (Phi) is 4.21. The Morgan fingerprint density at radius 3 is 2.73 bits per heavy atom. The molecule has 0 bridgehead atoms. The largest absolute Gasteiger partial charge is 0.496 e. The molecule has 0 fully saturated rings. The first-order chi connectivity index (χ1) is 7.19. The second-order valence-corrected chi connectivity index (χ2v) is 3.08. The molecule has 0 spiro atoms. The van der Waals surface area contributed by atoms with Crippen LogP contribution in [0.2, 0.25) is 0 Å². The zero-order chi connectivity index (χ0) is 11.3. The van der Waals surface area contributed by atoms with E-state index in [9.17, 15) is 13.6 Å². The molecular weight excluding hydrogens is 202 g/mol. The van der Waals surface area contributed by atoms with Gasteiger partial charge in [-0.1, -0.05) is 12.1 Å². The van der Waals surface area contributed by atoms with Crippen LogP contribution in [-0.4, -0.2) is 13.4 Å². The van der Waals surface area contributed by atoms with Gasteiger partial charge in [-0.05, 0) is 18.1 Å². The molecule has 0 aliphatic rings. The fourth-order valence-corrected chi connectivity index (χ4v) is 1.32. The molecule has 2 nitrogen and oxygen atoms in total.